The van der Waals surface area contributed by atoms with Crippen molar-refractivity contribution in [2.24, 2.45) is 0 Å². The smallest absolute Gasteiger partial charge is 0.0658 e. The van der Waals surface area contributed by atoms with E-state index in [0.29, 0.717) is 0 Å². The van der Waals surface area contributed by atoms with Crippen LogP contribution in [0.2, 0.25) is 0 Å². The molecular formula is C56H48N2. The molecule has 8 rings (SSSR count). The molecule has 0 aliphatic rings. The molecule has 0 N–H and O–H groups in total. The van der Waals surface area contributed by atoms with Gasteiger partial charge in [0.25, 0.3) is 0 Å². The lowest BCUT2D eigenvalue weighted by molar-refractivity contribution is 1.24. The van der Waals surface area contributed by atoms with Gasteiger partial charge in [-0.15, -0.1) is 0 Å². The number of allylic oxidation sites excluding steroid dienone is 3. The minimum absolute atomic E-state index is 0.932. The zero-order valence-electron chi connectivity index (χ0n) is 33.8. The van der Waals surface area contributed by atoms with Gasteiger partial charge < -0.3 is 0 Å². The fraction of sp³-hybridized carbons (Fsp3) is 0.0714. The third-order valence-corrected chi connectivity index (χ3v) is 10.4. The van der Waals surface area contributed by atoms with Crippen LogP contribution in [0.25, 0.3) is 90.2 Å². The maximum atomic E-state index is 4.57. The first kappa shape index (κ1) is 39.1. The minimum atomic E-state index is 0.932. The van der Waals surface area contributed by atoms with E-state index in [2.05, 4.69) is 189 Å². The summed E-state index contributed by atoms with van der Waals surface area (Å²) in [6, 6.07) is 51.9. The second kappa shape index (κ2) is 18.2. The number of hydrogen-bond donors (Lipinski definition) is 0. The van der Waals surface area contributed by atoms with Crippen LogP contribution in [0.4, 0.5) is 0 Å². The Morgan fingerprint density at radius 2 is 1.12 bits per heavy atom. The molecule has 0 aliphatic carbocycles. The van der Waals surface area contributed by atoms with Crippen LogP contribution < -0.4 is 0 Å². The Kier molecular flexibility index (Phi) is 12.3. The van der Waals surface area contributed by atoms with Gasteiger partial charge in [0.05, 0.1) is 5.69 Å². The van der Waals surface area contributed by atoms with Gasteiger partial charge in [0.1, 0.15) is 0 Å². The normalized spacial score (nSPS) is 11.1. The van der Waals surface area contributed by atoms with Crippen molar-refractivity contribution >= 4 is 34.6 Å². The quantitative estimate of drug-likeness (QED) is 0.130. The first-order chi connectivity index (χ1) is 28.5. The summed E-state index contributed by atoms with van der Waals surface area (Å²) in [6.45, 7) is 16.8. The van der Waals surface area contributed by atoms with Crippen LogP contribution in [-0.4, -0.2) is 9.97 Å². The van der Waals surface area contributed by atoms with Crippen molar-refractivity contribution in [1.29, 1.82) is 0 Å². The monoisotopic (exact) mass is 748 g/mol. The van der Waals surface area contributed by atoms with Crippen molar-refractivity contribution in [2.45, 2.75) is 27.7 Å². The van der Waals surface area contributed by atoms with E-state index in [-0.39, 0.29) is 0 Å². The maximum absolute atomic E-state index is 4.57. The molecule has 282 valence electrons. The zero-order valence-corrected chi connectivity index (χ0v) is 33.8. The second-order valence-corrected chi connectivity index (χ2v) is 13.9. The maximum Gasteiger partial charge on any atom is 0.0658 e. The van der Waals surface area contributed by atoms with Gasteiger partial charge in [0.2, 0.25) is 0 Å². The van der Waals surface area contributed by atoms with Crippen molar-refractivity contribution in [1.82, 2.24) is 9.97 Å². The van der Waals surface area contributed by atoms with E-state index < -0.39 is 0 Å². The average Bonchev–Trinajstić information content (AvgIpc) is 3.29. The summed E-state index contributed by atoms with van der Waals surface area (Å²) in [4.78, 5) is 9.08. The van der Waals surface area contributed by atoms with Crippen LogP contribution in [0.1, 0.15) is 48.7 Å². The molecule has 0 aliphatic heterocycles. The van der Waals surface area contributed by atoms with Crippen LogP contribution in [0.5, 0.6) is 0 Å². The van der Waals surface area contributed by atoms with E-state index in [9.17, 15) is 0 Å². The molecule has 2 heterocycles. The predicted molar refractivity (Wildman–Crippen MR) is 252 cm³/mol. The largest absolute Gasteiger partial charge is 0.264 e. The van der Waals surface area contributed by atoms with E-state index in [1.165, 1.54) is 16.7 Å². The summed E-state index contributed by atoms with van der Waals surface area (Å²) < 4.78 is 0. The molecule has 8 aromatic rings. The molecule has 0 bridgehead atoms. The molecule has 0 saturated heterocycles. The Morgan fingerprint density at radius 3 is 1.76 bits per heavy atom. The lowest BCUT2D eigenvalue weighted by Crippen LogP contribution is -1.94. The number of aromatic nitrogens is 2. The molecule has 0 spiro atoms. The van der Waals surface area contributed by atoms with Crippen LogP contribution in [0, 0.1) is 6.92 Å². The van der Waals surface area contributed by atoms with Crippen LogP contribution in [0.3, 0.4) is 0 Å². The van der Waals surface area contributed by atoms with Crippen LogP contribution >= 0.6 is 0 Å². The summed E-state index contributed by atoms with van der Waals surface area (Å²) in [5.74, 6) is 0. The van der Waals surface area contributed by atoms with Gasteiger partial charge in [-0.3, -0.25) is 9.97 Å². The number of pyridine rings is 2. The lowest BCUT2D eigenvalue weighted by Gasteiger charge is -2.18. The van der Waals surface area contributed by atoms with E-state index in [4.69, 9.17) is 0 Å². The second-order valence-electron chi connectivity index (χ2n) is 13.9. The van der Waals surface area contributed by atoms with Gasteiger partial charge in [0.15, 0.2) is 0 Å². The molecule has 0 fully saturated rings. The van der Waals surface area contributed by atoms with E-state index in [0.717, 1.165) is 83.2 Å². The van der Waals surface area contributed by atoms with Crippen molar-refractivity contribution in [3.05, 3.63) is 217 Å². The molecule has 2 heteroatoms. The van der Waals surface area contributed by atoms with Crippen molar-refractivity contribution in [3.63, 3.8) is 0 Å². The number of fused-ring (bicyclic) bond motifs is 1. The Hall–Kier alpha value is -7.16. The summed E-state index contributed by atoms with van der Waals surface area (Å²) in [5.41, 5.74) is 17.8. The summed E-state index contributed by atoms with van der Waals surface area (Å²) in [5, 5.41) is 2.28. The van der Waals surface area contributed by atoms with Gasteiger partial charge >= 0.3 is 0 Å². The summed E-state index contributed by atoms with van der Waals surface area (Å²) in [7, 11) is 0. The predicted octanol–water partition coefficient (Wildman–Crippen LogP) is 15.7. The SMILES string of the molecule is C=Cc1c(-c2ccccc2)ccc(-c2cc(-c3ccc(C(=C)/C=C\c4ncccc4C)cc3)cc(-c3ccc(-c4ccccc4)c4cnccc34)c2)c1/C=C\C.CC. The number of rotatable bonds is 10. The molecule has 0 atom stereocenters. The standard InChI is InChI=1S/C54H42N2.C2H6/c1-5-14-51-46(6-2)47(41-16-9-7-10-17-41)25-27-49(51)44-33-43(40-23-21-39(22-24-40)37(3)20-29-54-38(4)15-13-31-56-54)34-45(35-44)50-28-26-48(42-18-11-8-12-19-42)53-36-55-32-30-52(50)53;1-2/h5-36H,2-3H2,1,4H3;1-2H3/b14-5-,29-20-;. The molecule has 0 saturated carbocycles. The Morgan fingerprint density at radius 1 is 0.534 bits per heavy atom. The number of hydrogen-bond acceptors (Lipinski definition) is 2. The van der Waals surface area contributed by atoms with Crippen molar-refractivity contribution in [2.75, 3.05) is 0 Å². The van der Waals surface area contributed by atoms with Gasteiger partial charge in [-0.1, -0.05) is 167 Å². The first-order valence-electron chi connectivity index (χ1n) is 20.0. The molecule has 2 aromatic heterocycles. The molecule has 6 aromatic carbocycles. The highest BCUT2D eigenvalue weighted by Gasteiger charge is 2.17. The fourth-order valence-electron chi connectivity index (χ4n) is 7.57. The van der Waals surface area contributed by atoms with Gasteiger partial charge in [-0.25, -0.2) is 0 Å². The highest BCUT2D eigenvalue weighted by atomic mass is 14.7. The summed E-state index contributed by atoms with van der Waals surface area (Å²) >= 11 is 0. The van der Waals surface area contributed by atoms with Crippen molar-refractivity contribution in [3.8, 4) is 55.6 Å². The van der Waals surface area contributed by atoms with Gasteiger partial charge in [0, 0.05) is 24.0 Å². The third-order valence-electron chi connectivity index (χ3n) is 10.4. The van der Waals surface area contributed by atoms with E-state index in [1.807, 2.05) is 56.7 Å². The molecule has 58 heavy (non-hydrogen) atoms. The molecule has 2 nitrogen and oxygen atoms in total. The Bertz CT molecular complexity index is 2770. The fourth-order valence-corrected chi connectivity index (χ4v) is 7.57. The van der Waals surface area contributed by atoms with Gasteiger partial charge in [-0.2, -0.15) is 0 Å². The van der Waals surface area contributed by atoms with E-state index >= 15 is 0 Å². The Labute approximate surface area is 344 Å². The van der Waals surface area contributed by atoms with E-state index in [1.54, 1.807) is 0 Å². The highest BCUT2D eigenvalue weighted by molar-refractivity contribution is 6.05. The molecule has 0 amide bonds. The molecule has 0 radical (unpaired) electrons. The number of nitrogens with zero attached hydrogens (tertiary/aromatic N) is 2. The summed E-state index contributed by atoms with van der Waals surface area (Å²) in [6.07, 6.45) is 16.1. The first-order valence-corrected chi connectivity index (χ1v) is 20.0. The number of aryl methyl sites for hydroxylation is 1. The average molecular weight is 749 g/mol. The van der Waals surface area contributed by atoms with Crippen molar-refractivity contribution < 1.29 is 0 Å². The Balaban J connectivity index is 0.00000252. The molecule has 0 unspecified atom stereocenters. The topological polar surface area (TPSA) is 25.8 Å². The third kappa shape index (κ3) is 8.19. The highest BCUT2D eigenvalue weighted by Crippen LogP contribution is 2.42. The van der Waals surface area contributed by atoms with Crippen LogP contribution in [0.15, 0.2) is 189 Å². The van der Waals surface area contributed by atoms with Gasteiger partial charge in [-0.05, 0) is 139 Å². The van der Waals surface area contributed by atoms with Crippen LogP contribution in [-0.2, 0) is 0 Å². The number of benzene rings is 6. The molecular weight excluding hydrogens is 701 g/mol. The minimum Gasteiger partial charge on any atom is -0.264 e. The lowest BCUT2D eigenvalue weighted by atomic mass is 9.85. The zero-order chi connectivity index (χ0) is 40.4.